The van der Waals surface area contributed by atoms with Crippen LogP contribution in [0.5, 0.6) is 0 Å². The molecule has 1 saturated heterocycles. The van der Waals surface area contributed by atoms with Crippen molar-refractivity contribution in [3.63, 3.8) is 0 Å². The van der Waals surface area contributed by atoms with Crippen molar-refractivity contribution in [1.82, 2.24) is 10.6 Å². The number of nitrogens with zero attached hydrogens (tertiary/aromatic N) is 1. The number of fused-ring (bicyclic) bond motifs is 1. The van der Waals surface area contributed by atoms with E-state index in [0.717, 1.165) is 24.3 Å². The fourth-order valence-electron chi connectivity index (χ4n) is 2.89. The Balaban J connectivity index is 0.00000176. The summed E-state index contributed by atoms with van der Waals surface area (Å²) in [5.41, 5.74) is 2.05. The Morgan fingerprint density at radius 2 is 2.14 bits per heavy atom. The normalized spacial score (nSPS) is 18.2. The van der Waals surface area contributed by atoms with Crippen LogP contribution in [-0.4, -0.2) is 38.0 Å². The molecule has 0 saturated carbocycles. The van der Waals surface area contributed by atoms with Crippen LogP contribution in [0.1, 0.15) is 12.5 Å². The van der Waals surface area contributed by atoms with Crippen molar-refractivity contribution >= 4 is 29.9 Å². The summed E-state index contributed by atoms with van der Waals surface area (Å²) >= 11 is 0. The number of amides is 2. The van der Waals surface area contributed by atoms with Crippen molar-refractivity contribution in [2.75, 3.05) is 31.1 Å². The number of anilines is 1. The lowest BCUT2D eigenvalue weighted by Gasteiger charge is -2.31. The molecule has 0 radical (unpaired) electrons. The summed E-state index contributed by atoms with van der Waals surface area (Å²) in [6.45, 7) is 4.86. The first-order valence-corrected chi connectivity index (χ1v) is 7.53. The lowest BCUT2D eigenvalue weighted by molar-refractivity contribution is -0.126. The molecule has 6 heteroatoms. The van der Waals surface area contributed by atoms with Crippen LogP contribution in [-0.2, 0) is 16.0 Å². The first kappa shape index (κ1) is 16.8. The highest BCUT2D eigenvalue weighted by atomic mass is 35.5. The Morgan fingerprint density at radius 1 is 1.41 bits per heavy atom. The van der Waals surface area contributed by atoms with E-state index in [9.17, 15) is 9.59 Å². The zero-order chi connectivity index (χ0) is 14.8. The smallest absolute Gasteiger partial charge is 0.231 e. The van der Waals surface area contributed by atoms with Crippen LogP contribution >= 0.6 is 12.4 Å². The molecule has 22 heavy (non-hydrogen) atoms. The molecular formula is C16H22ClN3O2. The summed E-state index contributed by atoms with van der Waals surface area (Å²) in [6.07, 6.45) is 0.467. The van der Waals surface area contributed by atoms with Crippen LogP contribution in [0.25, 0.3) is 0 Å². The van der Waals surface area contributed by atoms with Crippen molar-refractivity contribution in [2.45, 2.75) is 13.3 Å². The van der Waals surface area contributed by atoms with E-state index in [0.29, 0.717) is 25.4 Å². The predicted octanol–water partition coefficient (Wildman–Crippen LogP) is 0.969. The van der Waals surface area contributed by atoms with Crippen molar-refractivity contribution in [1.29, 1.82) is 0 Å². The number of hydrogen-bond donors (Lipinski definition) is 2. The third kappa shape index (κ3) is 3.25. The maximum absolute atomic E-state index is 12.0. The fourth-order valence-corrected chi connectivity index (χ4v) is 2.89. The van der Waals surface area contributed by atoms with Gasteiger partial charge in [-0.05, 0) is 30.6 Å². The molecule has 0 spiro atoms. The van der Waals surface area contributed by atoms with E-state index < -0.39 is 0 Å². The highest BCUT2D eigenvalue weighted by Gasteiger charge is 2.29. The first-order chi connectivity index (χ1) is 10.2. The average Bonchev–Trinajstić information content (AvgIpc) is 2.73. The van der Waals surface area contributed by atoms with Crippen LogP contribution in [0.4, 0.5) is 5.69 Å². The van der Waals surface area contributed by atoms with Gasteiger partial charge in [0.15, 0.2) is 0 Å². The molecule has 2 heterocycles. The van der Waals surface area contributed by atoms with Crippen molar-refractivity contribution in [3.05, 3.63) is 29.8 Å². The molecule has 120 valence electrons. The summed E-state index contributed by atoms with van der Waals surface area (Å²) in [6, 6.07) is 7.84. The van der Waals surface area contributed by atoms with Gasteiger partial charge in [0.25, 0.3) is 0 Å². The van der Waals surface area contributed by atoms with E-state index in [1.165, 1.54) is 0 Å². The molecule has 2 amide bonds. The molecule has 0 bridgehead atoms. The van der Waals surface area contributed by atoms with E-state index >= 15 is 0 Å². The third-order valence-electron chi connectivity index (χ3n) is 4.49. The van der Waals surface area contributed by atoms with Gasteiger partial charge in [0, 0.05) is 24.7 Å². The highest BCUT2D eigenvalue weighted by molar-refractivity contribution is 6.01. The standard InChI is InChI=1S/C16H21N3O2.ClH/c1-11(13-9-17-10-13)16(21)18-6-7-19-14-5-3-2-4-12(14)8-15(19)20;/h2-5,11,13,17H,6-10H2,1H3,(H,18,21);1H. The monoisotopic (exact) mass is 323 g/mol. The predicted molar refractivity (Wildman–Crippen MR) is 88.3 cm³/mol. The summed E-state index contributed by atoms with van der Waals surface area (Å²) in [7, 11) is 0. The zero-order valence-corrected chi connectivity index (χ0v) is 13.5. The summed E-state index contributed by atoms with van der Waals surface area (Å²) in [4.78, 5) is 25.8. The molecule has 5 nitrogen and oxygen atoms in total. The Bertz CT molecular complexity index is 560. The minimum Gasteiger partial charge on any atom is -0.354 e. The molecular weight excluding hydrogens is 302 g/mol. The molecule has 1 fully saturated rings. The van der Waals surface area contributed by atoms with Crippen LogP contribution in [0, 0.1) is 11.8 Å². The number of carbonyl (C=O) groups excluding carboxylic acids is 2. The second-order valence-corrected chi connectivity index (χ2v) is 5.85. The second-order valence-electron chi connectivity index (χ2n) is 5.85. The molecule has 1 aromatic rings. The minimum atomic E-state index is 0. The number of para-hydroxylation sites is 1. The Morgan fingerprint density at radius 3 is 2.82 bits per heavy atom. The fraction of sp³-hybridized carbons (Fsp3) is 0.500. The van der Waals surface area contributed by atoms with Gasteiger partial charge in [-0.15, -0.1) is 12.4 Å². The largest absolute Gasteiger partial charge is 0.354 e. The lowest BCUT2D eigenvalue weighted by atomic mass is 9.88. The Labute approximate surface area is 136 Å². The molecule has 0 aromatic heterocycles. The third-order valence-corrected chi connectivity index (χ3v) is 4.49. The number of nitrogens with one attached hydrogen (secondary N) is 2. The van der Waals surface area contributed by atoms with Gasteiger partial charge in [-0.25, -0.2) is 0 Å². The second kappa shape index (κ2) is 7.11. The van der Waals surface area contributed by atoms with Crippen molar-refractivity contribution in [2.24, 2.45) is 11.8 Å². The van der Waals surface area contributed by atoms with Crippen LogP contribution < -0.4 is 15.5 Å². The van der Waals surface area contributed by atoms with Crippen LogP contribution in [0.15, 0.2) is 24.3 Å². The summed E-state index contributed by atoms with van der Waals surface area (Å²) < 4.78 is 0. The maximum atomic E-state index is 12.0. The van der Waals surface area contributed by atoms with Crippen LogP contribution in [0.2, 0.25) is 0 Å². The first-order valence-electron chi connectivity index (χ1n) is 7.53. The minimum absolute atomic E-state index is 0. The highest BCUT2D eigenvalue weighted by Crippen LogP contribution is 2.27. The van der Waals surface area contributed by atoms with Gasteiger partial charge in [-0.1, -0.05) is 25.1 Å². The van der Waals surface area contributed by atoms with E-state index in [1.54, 1.807) is 4.90 Å². The number of hydrogen-bond acceptors (Lipinski definition) is 3. The molecule has 2 N–H and O–H groups in total. The maximum Gasteiger partial charge on any atom is 0.231 e. The Hall–Kier alpha value is -1.59. The van der Waals surface area contributed by atoms with Crippen LogP contribution in [0.3, 0.4) is 0 Å². The van der Waals surface area contributed by atoms with Crippen molar-refractivity contribution < 1.29 is 9.59 Å². The van der Waals surface area contributed by atoms with Gasteiger partial charge in [0.2, 0.25) is 11.8 Å². The molecule has 1 aromatic carbocycles. The number of rotatable bonds is 5. The molecule has 1 atom stereocenters. The van der Waals surface area contributed by atoms with Gasteiger partial charge in [0.1, 0.15) is 0 Å². The topological polar surface area (TPSA) is 61.4 Å². The quantitative estimate of drug-likeness (QED) is 0.849. The number of benzene rings is 1. The average molecular weight is 324 g/mol. The van der Waals surface area contributed by atoms with E-state index in [2.05, 4.69) is 10.6 Å². The lowest BCUT2D eigenvalue weighted by Crippen LogP contribution is -2.50. The molecule has 2 aliphatic rings. The summed E-state index contributed by atoms with van der Waals surface area (Å²) in [5.74, 6) is 0.676. The number of carbonyl (C=O) groups is 2. The van der Waals surface area contributed by atoms with E-state index in [4.69, 9.17) is 0 Å². The van der Waals surface area contributed by atoms with E-state index in [-0.39, 0.29) is 30.1 Å². The van der Waals surface area contributed by atoms with Gasteiger partial charge in [-0.3, -0.25) is 9.59 Å². The van der Waals surface area contributed by atoms with Gasteiger partial charge in [-0.2, -0.15) is 0 Å². The van der Waals surface area contributed by atoms with Gasteiger partial charge >= 0.3 is 0 Å². The SMILES string of the molecule is CC(C(=O)NCCN1C(=O)Cc2ccccc21)C1CNC1.Cl. The van der Waals surface area contributed by atoms with Gasteiger partial charge < -0.3 is 15.5 Å². The molecule has 2 aliphatic heterocycles. The van der Waals surface area contributed by atoms with Crippen molar-refractivity contribution in [3.8, 4) is 0 Å². The molecule has 1 unspecified atom stereocenters. The molecule has 0 aliphatic carbocycles. The number of halogens is 1. The Kier molecular flexibility index (Phi) is 5.42. The van der Waals surface area contributed by atoms with Gasteiger partial charge in [0.05, 0.1) is 6.42 Å². The summed E-state index contributed by atoms with van der Waals surface area (Å²) in [5, 5.41) is 6.13. The van der Waals surface area contributed by atoms with E-state index in [1.807, 2.05) is 31.2 Å². The molecule has 3 rings (SSSR count). The zero-order valence-electron chi connectivity index (χ0n) is 12.7.